The van der Waals surface area contributed by atoms with Crippen molar-refractivity contribution in [1.82, 2.24) is 14.5 Å². The van der Waals surface area contributed by atoms with Crippen molar-refractivity contribution in [1.29, 1.82) is 0 Å². The third-order valence-electron chi connectivity index (χ3n) is 5.01. The Morgan fingerprint density at radius 1 is 1.21 bits per heavy atom. The van der Waals surface area contributed by atoms with E-state index in [2.05, 4.69) is 17.2 Å². The number of likely N-dealkylation sites (tertiary alicyclic amines) is 1. The van der Waals surface area contributed by atoms with Gasteiger partial charge in [-0.15, -0.1) is 6.58 Å². The zero-order chi connectivity index (χ0) is 19.5. The molecule has 144 valence electrons. The maximum Gasteiger partial charge on any atom is 0.223 e. The van der Waals surface area contributed by atoms with E-state index in [-0.39, 0.29) is 11.8 Å². The Morgan fingerprint density at radius 2 is 2.00 bits per heavy atom. The fourth-order valence-corrected chi connectivity index (χ4v) is 3.83. The van der Waals surface area contributed by atoms with Crippen molar-refractivity contribution >= 4 is 28.5 Å². The van der Waals surface area contributed by atoms with Crippen molar-refractivity contribution in [3.8, 4) is 5.75 Å². The summed E-state index contributed by atoms with van der Waals surface area (Å²) in [5, 5.41) is 0.685. The maximum atomic E-state index is 12.3. The van der Waals surface area contributed by atoms with Crippen molar-refractivity contribution in [2.75, 3.05) is 19.7 Å². The summed E-state index contributed by atoms with van der Waals surface area (Å²) in [6.45, 7) is 6.16. The van der Waals surface area contributed by atoms with E-state index in [0.717, 1.165) is 22.6 Å². The topological polar surface area (TPSA) is 47.4 Å². The van der Waals surface area contributed by atoms with Crippen LogP contribution >= 0.6 is 11.6 Å². The zero-order valence-electron chi connectivity index (χ0n) is 15.6. The summed E-state index contributed by atoms with van der Waals surface area (Å²) in [5.74, 6) is 1.96. The minimum absolute atomic E-state index is 0.0791. The van der Waals surface area contributed by atoms with Crippen molar-refractivity contribution in [3.05, 3.63) is 72.0 Å². The van der Waals surface area contributed by atoms with Gasteiger partial charge in [0.2, 0.25) is 5.91 Å². The van der Waals surface area contributed by atoms with Gasteiger partial charge in [0.25, 0.3) is 0 Å². The van der Waals surface area contributed by atoms with Gasteiger partial charge in [0, 0.05) is 30.5 Å². The van der Waals surface area contributed by atoms with Gasteiger partial charge in [-0.1, -0.05) is 29.8 Å². The van der Waals surface area contributed by atoms with Gasteiger partial charge in [0.05, 0.1) is 17.6 Å². The molecule has 0 unspecified atom stereocenters. The second kappa shape index (κ2) is 8.07. The average Bonchev–Trinajstić information content (AvgIpc) is 3.25. The first kappa shape index (κ1) is 18.6. The molecule has 5 nitrogen and oxygen atoms in total. The van der Waals surface area contributed by atoms with Crippen LogP contribution in [0.5, 0.6) is 5.75 Å². The smallest absolute Gasteiger partial charge is 0.223 e. The SMILES string of the molecule is C=CCN1C[C@@H](c2nc3ccccc3n2CCOc2ccc(Cl)cc2)CC1=O. The van der Waals surface area contributed by atoms with Gasteiger partial charge >= 0.3 is 0 Å². The molecule has 1 aliphatic rings. The Morgan fingerprint density at radius 3 is 2.79 bits per heavy atom. The van der Waals surface area contributed by atoms with Crippen LogP contribution in [0.3, 0.4) is 0 Å². The van der Waals surface area contributed by atoms with Crippen molar-refractivity contribution < 1.29 is 9.53 Å². The molecule has 1 fully saturated rings. The van der Waals surface area contributed by atoms with Gasteiger partial charge in [-0.2, -0.15) is 0 Å². The quantitative estimate of drug-likeness (QED) is 0.561. The van der Waals surface area contributed by atoms with E-state index in [4.69, 9.17) is 21.3 Å². The predicted molar refractivity (Wildman–Crippen MR) is 111 cm³/mol. The fourth-order valence-electron chi connectivity index (χ4n) is 3.70. The highest BCUT2D eigenvalue weighted by molar-refractivity contribution is 6.30. The Labute approximate surface area is 169 Å². The first-order valence-electron chi connectivity index (χ1n) is 9.38. The number of nitrogens with zero attached hydrogens (tertiary/aromatic N) is 3. The first-order valence-corrected chi connectivity index (χ1v) is 9.75. The van der Waals surface area contributed by atoms with Crippen molar-refractivity contribution in [2.24, 2.45) is 0 Å². The lowest BCUT2D eigenvalue weighted by Gasteiger charge is -2.16. The Hall–Kier alpha value is -2.79. The minimum atomic E-state index is 0.0791. The summed E-state index contributed by atoms with van der Waals surface area (Å²) in [4.78, 5) is 19.0. The number of hydrogen-bond donors (Lipinski definition) is 0. The minimum Gasteiger partial charge on any atom is -0.492 e. The van der Waals surface area contributed by atoms with E-state index in [1.165, 1.54) is 0 Å². The fraction of sp³-hybridized carbons (Fsp3) is 0.273. The van der Waals surface area contributed by atoms with Gasteiger partial charge in [0.15, 0.2) is 0 Å². The number of carbonyl (C=O) groups is 1. The number of fused-ring (bicyclic) bond motifs is 1. The third kappa shape index (κ3) is 3.76. The molecule has 0 N–H and O–H groups in total. The molecule has 4 rings (SSSR count). The average molecular weight is 396 g/mol. The van der Waals surface area contributed by atoms with Gasteiger partial charge in [-0.05, 0) is 36.4 Å². The highest BCUT2D eigenvalue weighted by Crippen LogP contribution is 2.30. The largest absolute Gasteiger partial charge is 0.492 e. The zero-order valence-corrected chi connectivity index (χ0v) is 16.3. The highest BCUT2D eigenvalue weighted by atomic mass is 35.5. The number of carbonyl (C=O) groups excluding carboxylic acids is 1. The summed E-state index contributed by atoms with van der Waals surface area (Å²) in [7, 11) is 0. The summed E-state index contributed by atoms with van der Waals surface area (Å²) in [6.07, 6.45) is 2.25. The number of hydrogen-bond acceptors (Lipinski definition) is 3. The molecule has 1 amide bonds. The molecule has 0 radical (unpaired) electrons. The molecule has 0 saturated carbocycles. The number of ether oxygens (including phenoxy) is 1. The Kier molecular flexibility index (Phi) is 5.35. The van der Waals surface area contributed by atoms with Crippen LogP contribution in [0.4, 0.5) is 0 Å². The Balaban J connectivity index is 1.56. The number of amides is 1. The first-order chi connectivity index (χ1) is 13.7. The van der Waals surface area contributed by atoms with E-state index >= 15 is 0 Å². The molecule has 2 heterocycles. The lowest BCUT2D eigenvalue weighted by Crippen LogP contribution is -2.25. The molecule has 1 aliphatic heterocycles. The number of benzene rings is 2. The second-order valence-corrected chi connectivity index (χ2v) is 7.34. The lowest BCUT2D eigenvalue weighted by molar-refractivity contribution is -0.127. The molecule has 1 aromatic heterocycles. The molecular formula is C22H22ClN3O2. The van der Waals surface area contributed by atoms with Crippen LogP contribution in [-0.2, 0) is 11.3 Å². The summed E-state index contributed by atoms with van der Waals surface area (Å²) < 4.78 is 8.06. The molecule has 3 aromatic rings. The van der Waals surface area contributed by atoms with E-state index in [1.54, 1.807) is 6.08 Å². The standard InChI is InChI=1S/C22H22ClN3O2/c1-2-11-25-15-16(14-21(25)27)22-24-19-5-3-4-6-20(19)26(22)12-13-28-18-9-7-17(23)8-10-18/h2-10,16H,1,11-15H2/t16-/m0/s1. The number of aromatic nitrogens is 2. The van der Waals surface area contributed by atoms with Crippen LogP contribution in [0.15, 0.2) is 61.2 Å². The van der Waals surface area contributed by atoms with Crippen LogP contribution in [0.2, 0.25) is 5.02 Å². The number of imidazole rings is 1. The third-order valence-corrected chi connectivity index (χ3v) is 5.26. The normalized spacial score (nSPS) is 16.7. The lowest BCUT2D eigenvalue weighted by atomic mass is 10.1. The molecule has 6 heteroatoms. The molecule has 0 bridgehead atoms. The molecular weight excluding hydrogens is 374 g/mol. The van der Waals surface area contributed by atoms with Gasteiger partial charge in [0.1, 0.15) is 18.2 Å². The van der Waals surface area contributed by atoms with Crippen LogP contribution < -0.4 is 4.74 Å². The van der Waals surface area contributed by atoms with Crippen LogP contribution in [0, 0.1) is 0 Å². The van der Waals surface area contributed by atoms with E-state index in [9.17, 15) is 4.79 Å². The Bertz CT molecular complexity index is 997. The van der Waals surface area contributed by atoms with E-state index in [0.29, 0.717) is 37.7 Å². The summed E-state index contributed by atoms with van der Waals surface area (Å²) in [6, 6.07) is 15.4. The van der Waals surface area contributed by atoms with Gasteiger partial charge in [-0.25, -0.2) is 4.98 Å². The highest BCUT2D eigenvalue weighted by Gasteiger charge is 2.33. The summed E-state index contributed by atoms with van der Waals surface area (Å²) in [5.41, 5.74) is 2.01. The number of halogens is 1. The molecule has 0 spiro atoms. The van der Waals surface area contributed by atoms with E-state index in [1.807, 2.05) is 47.4 Å². The van der Waals surface area contributed by atoms with Crippen LogP contribution in [0.25, 0.3) is 11.0 Å². The molecule has 28 heavy (non-hydrogen) atoms. The molecule has 0 aliphatic carbocycles. The maximum absolute atomic E-state index is 12.3. The van der Waals surface area contributed by atoms with Crippen molar-refractivity contribution in [3.63, 3.8) is 0 Å². The van der Waals surface area contributed by atoms with E-state index < -0.39 is 0 Å². The van der Waals surface area contributed by atoms with Crippen molar-refractivity contribution in [2.45, 2.75) is 18.9 Å². The van der Waals surface area contributed by atoms with Crippen LogP contribution in [-0.4, -0.2) is 40.1 Å². The summed E-state index contributed by atoms with van der Waals surface area (Å²) >= 11 is 5.93. The van der Waals surface area contributed by atoms with Gasteiger partial charge in [-0.3, -0.25) is 4.79 Å². The molecule has 1 saturated heterocycles. The monoisotopic (exact) mass is 395 g/mol. The second-order valence-electron chi connectivity index (χ2n) is 6.90. The molecule has 1 atom stereocenters. The number of para-hydroxylation sites is 2. The van der Waals surface area contributed by atoms with Crippen LogP contribution in [0.1, 0.15) is 18.2 Å². The molecule has 2 aromatic carbocycles. The van der Waals surface area contributed by atoms with Gasteiger partial charge < -0.3 is 14.2 Å². The number of rotatable bonds is 7. The predicted octanol–water partition coefficient (Wildman–Crippen LogP) is 4.27.